The monoisotopic (exact) mass is 680 g/mol. The van der Waals surface area contributed by atoms with Crippen molar-refractivity contribution in [2.45, 2.75) is 95.0 Å². The molecule has 2 fully saturated rings. The molecule has 2 aliphatic rings. The first-order chi connectivity index (χ1) is 22.6. The lowest BCUT2D eigenvalue weighted by atomic mass is 9.96. The molecule has 2 aliphatic heterocycles. The van der Waals surface area contributed by atoms with Crippen molar-refractivity contribution in [2.24, 2.45) is 5.92 Å². The summed E-state index contributed by atoms with van der Waals surface area (Å²) in [5.74, 6) is -2.86. The highest BCUT2D eigenvalue weighted by atomic mass is 16.8. The van der Waals surface area contributed by atoms with Gasteiger partial charge < -0.3 is 74.4 Å². The molecule has 4 unspecified atom stereocenters. The van der Waals surface area contributed by atoms with E-state index in [0.717, 1.165) is 24.3 Å². The van der Waals surface area contributed by atoms with Crippen LogP contribution in [-0.2, 0) is 20.6 Å². The molecule has 0 saturated carbocycles. The molecule has 10 N–H and O–H groups in total. The number of phenolic OH excluding ortho intramolecular Hbond substituents is 4. The summed E-state index contributed by atoms with van der Waals surface area (Å²) in [7, 11) is 0. The van der Waals surface area contributed by atoms with E-state index in [1.807, 2.05) is 13.8 Å². The van der Waals surface area contributed by atoms with Gasteiger partial charge in [0.15, 0.2) is 35.1 Å². The molecule has 0 radical (unpaired) electrons. The van der Waals surface area contributed by atoms with E-state index in [9.17, 15) is 55.9 Å². The Kier molecular flexibility index (Phi) is 10.4. The summed E-state index contributed by atoms with van der Waals surface area (Å²) in [6.07, 6.45) is -15.5. The Hall–Kier alpha value is -3.71. The highest BCUT2D eigenvalue weighted by Gasteiger charge is 2.51. The molecule has 0 aliphatic carbocycles. The summed E-state index contributed by atoms with van der Waals surface area (Å²) in [6.45, 7) is 4.47. The minimum Gasteiger partial charge on any atom is -0.508 e. The molecule has 2 aromatic carbocycles. The topological polar surface area (TPSA) is 269 Å². The summed E-state index contributed by atoms with van der Waals surface area (Å²) in [6, 6.07) is 4.36. The number of rotatable bonds is 9. The van der Waals surface area contributed by atoms with Crippen molar-refractivity contribution >= 4 is 11.0 Å². The van der Waals surface area contributed by atoms with Crippen molar-refractivity contribution in [1.29, 1.82) is 0 Å². The van der Waals surface area contributed by atoms with E-state index in [1.54, 1.807) is 0 Å². The number of aliphatic hydroxyl groups excluding tert-OH is 6. The minimum atomic E-state index is -1.85. The van der Waals surface area contributed by atoms with Crippen molar-refractivity contribution in [3.8, 4) is 40.1 Å². The fourth-order valence-electron chi connectivity index (χ4n) is 5.73. The summed E-state index contributed by atoms with van der Waals surface area (Å²) in [4.78, 5) is 14.2. The average molecular weight is 681 g/mol. The Balaban J connectivity index is 1.61. The van der Waals surface area contributed by atoms with E-state index in [4.69, 9.17) is 23.4 Å². The molecule has 48 heavy (non-hydrogen) atoms. The van der Waals surface area contributed by atoms with E-state index >= 15 is 0 Å². The second-order valence-electron chi connectivity index (χ2n) is 12.5. The maximum Gasteiger partial charge on any atom is 0.229 e. The van der Waals surface area contributed by atoms with Crippen LogP contribution in [0.1, 0.15) is 32.8 Å². The maximum atomic E-state index is 14.2. The van der Waals surface area contributed by atoms with Crippen LogP contribution in [0.3, 0.4) is 0 Å². The molecule has 3 aromatic rings. The molecule has 5 rings (SSSR count). The third-order valence-corrected chi connectivity index (χ3v) is 8.51. The molecular weight excluding hydrogens is 640 g/mol. The SMILES string of the molecule is CC(C)CCc1c(-c2cc(O)c(O)c(O)c2)oc2cc(O)cc(O[C@@H]3OC(CO)[C@@H](O)[C@H](O)C3O[C@@H]3OC(C)[C@H](O)[C@H](O)C3O)c2c1=O. The molecule has 0 amide bonds. The quantitative estimate of drug-likeness (QED) is 0.132. The summed E-state index contributed by atoms with van der Waals surface area (Å²) in [5, 5.41) is 103. The van der Waals surface area contributed by atoms with E-state index in [2.05, 4.69) is 0 Å². The second kappa shape index (κ2) is 14.0. The molecule has 2 saturated heterocycles. The van der Waals surface area contributed by atoms with Gasteiger partial charge in [0.1, 0.15) is 64.9 Å². The van der Waals surface area contributed by atoms with Gasteiger partial charge in [-0.15, -0.1) is 0 Å². The average Bonchev–Trinajstić information content (AvgIpc) is 3.03. The molecule has 264 valence electrons. The Morgan fingerprint density at radius 2 is 1.50 bits per heavy atom. The minimum absolute atomic E-state index is 0.0471. The van der Waals surface area contributed by atoms with Gasteiger partial charge in [0.05, 0.1) is 12.7 Å². The number of benzene rings is 2. The van der Waals surface area contributed by atoms with Crippen molar-refractivity contribution in [2.75, 3.05) is 6.61 Å². The van der Waals surface area contributed by atoms with Gasteiger partial charge in [-0.2, -0.15) is 0 Å². The van der Waals surface area contributed by atoms with Crippen molar-refractivity contribution in [1.82, 2.24) is 0 Å². The molecular formula is C32H40O16. The summed E-state index contributed by atoms with van der Waals surface area (Å²) < 4.78 is 29.0. The van der Waals surface area contributed by atoms with Gasteiger partial charge in [-0.3, -0.25) is 4.79 Å². The normalized spacial score (nSPS) is 31.0. The third kappa shape index (κ3) is 6.76. The molecule has 16 heteroatoms. The number of phenols is 4. The van der Waals surface area contributed by atoms with Gasteiger partial charge in [0.2, 0.25) is 6.29 Å². The largest absolute Gasteiger partial charge is 0.508 e. The van der Waals surface area contributed by atoms with Gasteiger partial charge in [-0.25, -0.2) is 0 Å². The zero-order valence-electron chi connectivity index (χ0n) is 26.2. The first-order valence-electron chi connectivity index (χ1n) is 15.3. The van der Waals surface area contributed by atoms with Crippen LogP contribution in [0.15, 0.2) is 33.5 Å². The lowest BCUT2D eigenvalue weighted by Gasteiger charge is -2.45. The van der Waals surface area contributed by atoms with Crippen LogP contribution in [-0.4, -0.2) is 119 Å². The fourth-order valence-corrected chi connectivity index (χ4v) is 5.73. The van der Waals surface area contributed by atoms with Crippen LogP contribution in [0.2, 0.25) is 0 Å². The van der Waals surface area contributed by atoms with Crippen LogP contribution in [0, 0.1) is 5.92 Å². The van der Waals surface area contributed by atoms with Gasteiger partial charge >= 0.3 is 0 Å². The Bertz CT molecular complexity index is 1650. The maximum absolute atomic E-state index is 14.2. The van der Waals surface area contributed by atoms with Gasteiger partial charge in [-0.1, -0.05) is 13.8 Å². The highest BCUT2D eigenvalue weighted by molar-refractivity contribution is 5.88. The van der Waals surface area contributed by atoms with Crippen molar-refractivity contribution in [3.05, 3.63) is 40.1 Å². The molecule has 0 bridgehead atoms. The zero-order chi connectivity index (χ0) is 35.2. The number of fused-ring (bicyclic) bond motifs is 1. The van der Waals surface area contributed by atoms with Crippen LogP contribution < -0.4 is 10.2 Å². The predicted octanol–water partition coefficient (Wildman–Crippen LogP) is -0.0985. The Labute approximate surface area is 273 Å². The molecule has 16 nitrogen and oxygen atoms in total. The second-order valence-corrected chi connectivity index (χ2v) is 12.5. The lowest BCUT2D eigenvalue weighted by molar-refractivity contribution is -0.354. The number of hydrogen-bond acceptors (Lipinski definition) is 16. The van der Waals surface area contributed by atoms with E-state index in [1.165, 1.54) is 6.92 Å². The third-order valence-electron chi connectivity index (χ3n) is 8.51. The zero-order valence-corrected chi connectivity index (χ0v) is 26.2. The highest BCUT2D eigenvalue weighted by Crippen LogP contribution is 2.42. The molecule has 0 spiro atoms. The molecule has 1 aromatic heterocycles. The van der Waals surface area contributed by atoms with Crippen LogP contribution in [0.25, 0.3) is 22.3 Å². The Morgan fingerprint density at radius 3 is 2.12 bits per heavy atom. The van der Waals surface area contributed by atoms with Crippen molar-refractivity contribution < 1.29 is 74.4 Å². The predicted molar refractivity (Wildman–Crippen MR) is 163 cm³/mol. The van der Waals surface area contributed by atoms with Crippen LogP contribution >= 0.6 is 0 Å². The summed E-state index contributed by atoms with van der Waals surface area (Å²) >= 11 is 0. The molecule has 3 heterocycles. The van der Waals surface area contributed by atoms with E-state index < -0.39 is 96.4 Å². The lowest BCUT2D eigenvalue weighted by Crippen LogP contribution is -2.64. The van der Waals surface area contributed by atoms with E-state index in [-0.39, 0.29) is 45.9 Å². The fraction of sp³-hybridized carbons (Fsp3) is 0.531. The van der Waals surface area contributed by atoms with Gasteiger partial charge in [-0.05, 0) is 37.8 Å². The smallest absolute Gasteiger partial charge is 0.229 e. The van der Waals surface area contributed by atoms with E-state index in [0.29, 0.717) is 6.42 Å². The van der Waals surface area contributed by atoms with Crippen LogP contribution in [0.5, 0.6) is 28.7 Å². The molecule has 10 atom stereocenters. The van der Waals surface area contributed by atoms with Crippen LogP contribution in [0.4, 0.5) is 0 Å². The number of aliphatic hydroxyl groups is 6. The van der Waals surface area contributed by atoms with Gasteiger partial charge in [0.25, 0.3) is 0 Å². The van der Waals surface area contributed by atoms with Crippen molar-refractivity contribution in [3.63, 3.8) is 0 Å². The summed E-state index contributed by atoms with van der Waals surface area (Å²) in [5.41, 5.74) is -0.711. The van der Waals surface area contributed by atoms with Gasteiger partial charge in [0, 0.05) is 23.3 Å². The first-order valence-corrected chi connectivity index (χ1v) is 15.3. The Morgan fingerprint density at radius 1 is 0.833 bits per heavy atom. The number of aromatic hydroxyl groups is 4. The first kappa shape index (κ1) is 35.6. The standard InChI is InChI=1S/C32H40O16/c1-11(2)4-5-15-23(38)21-18(45-29(15)13-6-16(35)24(39)17(36)7-13)8-14(34)9-19(21)46-32-30(27(42)25(40)20(10-33)47-32)48-31-28(43)26(41)22(37)12(3)44-31/h6-9,11-12,20,22,25-28,30-37,39-43H,4-5,10H2,1-3H3/t12?,20?,22-,25+,26-,27-,28?,30?,31-,32+/m0/s1. The number of hydrogen-bond donors (Lipinski definition) is 10. The number of ether oxygens (including phenoxy) is 4.